The average Bonchev–Trinajstić information content (AvgIpc) is 2.90. The van der Waals surface area contributed by atoms with Crippen LogP contribution in [0.25, 0.3) is 6.08 Å². The van der Waals surface area contributed by atoms with Gasteiger partial charge in [0.15, 0.2) is 11.5 Å². The third kappa shape index (κ3) is 5.75. The molecule has 3 aromatic rings. The number of allylic oxidation sites excluding steroid dienone is 1. The molecule has 0 unspecified atom stereocenters. The summed E-state index contributed by atoms with van der Waals surface area (Å²) in [6.07, 6.45) is 3.16. The highest BCUT2D eigenvalue weighted by atomic mass is 19.1. The lowest BCUT2D eigenvalue weighted by molar-refractivity contribution is 0.0947. The van der Waals surface area contributed by atoms with Crippen LogP contribution in [0.1, 0.15) is 27.0 Å². The Labute approximate surface area is 208 Å². The quantitative estimate of drug-likeness (QED) is 0.284. The van der Waals surface area contributed by atoms with Gasteiger partial charge in [-0.15, -0.1) is 0 Å². The zero-order valence-corrected chi connectivity index (χ0v) is 20.5. The van der Waals surface area contributed by atoms with Gasteiger partial charge in [-0.2, -0.15) is 0 Å². The Balaban J connectivity index is 1.85. The molecule has 0 bridgehead atoms. The molecule has 0 saturated carbocycles. The molecule has 0 heterocycles. The van der Waals surface area contributed by atoms with Crippen molar-refractivity contribution >= 4 is 23.4 Å². The second-order valence-corrected chi connectivity index (χ2v) is 7.63. The molecule has 3 rings (SSSR count). The number of rotatable bonds is 10. The van der Waals surface area contributed by atoms with Crippen LogP contribution in [0.15, 0.2) is 54.6 Å². The van der Waals surface area contributed by atoms with Crippen LogP contribution in [0, 0.1) is 11.2 Å². The van der Waals surface area contributed by atoms with Crippen molar-refractivity contribution in [1.29, 1.82) is 5.41 Å². The third-order valence-corrected chi connectivity index (χ3v) is 5.40. The smallest absolute Gasteiger partial charge is 0.255 e. The maximum Gasteiger partial charge on any atom is 0.255 e. The van der Waals surface area contributed by atoms with Crippen molar-refractivity contribution in [3.8, 4) is 23.0 Å². The number of nitrogens with one attached hydrogen (secondary N) is 2. The number of hydrogen-bond donors (Lipinski definition) is 3. The summed E-state index contributed by atoms with van der Waals surface area (Å²) in [5.41, 5.74) is 8.37. The van der Waals surface area contributed by atoms with Gasteiger partial charge in [0.25, 0.3) is 5.91 Å². The van der Waals surface area contributed by atoms with E-state index in [1.54, 1.807) is 42.5 Å². The first-order valence-corrected chi connectivity index (χ1v) is 10.9. The van der Waals surface area contributed by atoms with Gasteiger partial charge in [-0.3, -0.25) is 4.79 Å². The minimum atomic E-state index is -0.419. The maximum absolute atomic E-state index is 13.1. The number of hydrogen-bond acceptors (Lipinski definition) is 7. The molecule has 3 aromatic carbocycles. The van der Waals surface area contributed by atoms with E-state index in [4.69, 9.17) is 30.1 Å². The van der Waals surface area contributed by atoms with Crippen LogP contribution in [0.4, 0.5) is 10.1 Å². The summed E-state index contributed by atoms with van der Waals surface area (Å²) >= 11 is 0. The molecule has 4 N–H and O–H groups in total. The van der Waals surface area contributed by atoms with Crippen molar-refractivity contribution in [1.82, 2.24) is 5.32 Å². The molecule has 0 atom stereocenters. The number of benzene rings is 3. The highest BCUT2D eigenvalue weighted by Gasteiger charge is 2.21. The first-order valence-electron chi connectivity index (χ1n) is 10.9. The second-order valence-electron chi connectivity index (χ2n) is 7.63. The van der Waals surface area contributed by atoms with Crippen molar-refractivity contribution in [3.05, 3.63) is 82.7 Å². The lowest BCUT2D eigenvalue weighted by Gasteiger charge is -2.16. The highest BCUT2D eigenvalue weighted by molar-refractivity contribution is 6.15. The SMILES string of the molecule is COc1cc(CNC(=O)c2ccc(N)c(C(=N)/C=C/c3ccc(F)cc3)c2OC)cc(OC)c1OC. The molecule has 9 heteroatoms. The monoisotopic (exact) mass is 493 g/mol. The van der Waals surface area contributed by atoms with E-state index < -0.39 is 5.91 Å². The van der Waals surface area contributed by atoms with Crippen LogP contribution in [0.2, 0.25) is 0 Å². The Kier molecular flexibility index (Phi) is 8.51. The first kappa shape index (κ1) is 26.1. The van der Waals surface area contributed by atoms with E-state index in [9.17, 15) is 9.18 Å². The number of ether oxygens (including phenoxy) is 4. The predicted octanol–water partition coefficient (Wildman–Crippen LogP) is 4.45. The van der Waals surface area contributed by atoms with Gasteiger partial charge in [0.05, 0.1) is 45.3 Å². The van der Waals surface area contributed by atoms with E-state index in [0.29, 0.717) is 22.8 Å². The molecule has 0 aliphatic carbocycles. The van der Waals surface area contributed by atoms with Crippen molar-refractivity contribution in [3.63, 3.8) is 0 Å². The van der Waals surface area contributed by atoms with Crippen LogP contribution in [-0.2, 0) is 6.54 Å². The Morgan fingerprint density at radius 3 is 2.11 bits per heavy atom. The molecular formula is C27H28FN3O5. The fourth-order valence-electron chi connectivity index (χ4n) is 3.62. The molecule has 188 valence electrons. The second kappa shape index (κ2) is 11.7. The highest BCUT2D eigenvalue weighted by Crippen LogP contribution is 2.38. The summed E-state index contributed by atoms with van der Waals surface area (Å²) in [6, 6.07) is 12.4. The molecule has 0 spiro atoms. The number of anilines is 1. The number of carbonyl (C=O) groups is 1. The average molecular weight is 494 g/mol. The largest absolute Gasteiger partial charge is 0.495 e. The van der Waals surface area contributed by atoms with Gasteiger partial charge < -0.3 is 35.4 Å². The molecule has 0 fully saturated rings. The number of carbonyl (C=O) groups excluding carboxylic acids is 1. The van der Waals surface area contributed by atoms with Crippen molar-refractivity contribution < 1.29 is 28.1 Å². The summed E-state index contributed by atoms with van der Waals surface area (Å²) in [6.45, 7) is 0.167. The molecule has 0 aliphatic rings. The van der Waals surface area contributed by atoms with Crippen molar-refractivity contribution in [2.24, 2.45) is 0 Å². The van der Waals surface area contributed by atoms with Crippen LogP contribution in [-0.4, -0.2) is 40.1 Å². The van der Waals surface area contributed by atoms with Gasteiger partial charge in [0, 0.05) is 12.2 Å². The van der Waals surface area contributed by atoms with E-state index in [1.165, 1.54) is 46.6 Å². The van der Waals surface area contributed by atoms with Crippen molar-refractivity contribution in [2.75, 3.05) is 34.2 Å². The summed E-state index contributed by atoms with van der Waals surface area (Å²) in [5, 5.41) is 11.4. The lowest BCUT2D eigenvalue weighted by Crippen LogP contribution is -2.24. The maximum atomic E-state index is 13.1. The zero-order valence-electron chi connectivity index (χ0n) is 20.5. The third-order valence-electron chi connectivity index (χ3n) is 5.40. The van der Waals surface area contributed by atoms with Gasteiger partial charge in [-0.1, -0.05) is 18.2 Å². The summed E-state index contributed by atoms with van der Waals surface area (Å²) in [4.78, 5) is 13.1. The standard InChI is InChI=1S/C27H28FN3O5/c1-33-22-13-17(14-23(34-2)26(22)36-4)15-31-27(32)19-10-12-21(30)24(25(19)35-3)20(29)11-7-16-5-8-18(28)9-6-16/h5-14,29H,15,30H2,1-4H3,(H,31,32)/b11-7+,29-20?. The van der Waals surface area contributed by atoms with E-state index in [0.717, 1.165) is 5.56 Å². The molecular weight excluding hydrogens is 465 g/mol. The normalized spacial score (nSPS) is 10.7. The van der Waals surface area contributed by atoms with Crippen LogP contribution >= 0.6 is 0 Å². The summed E-state index contributed by atoms with van der Waals surface area (Å²) < 4.78 is 34.7. The predicted molar refractivity (Wildman–Crippen MR) is 137 cm³/mol. The molecule has 36 heavy (non-hydrogen) atoms. The Morgan fingerprint density at radius 1 is 0.944 bits per heavy atom. The Bertz CT molecular complexity index is 1260. The summed E-state index contributed by atoms with van der Waals surface area (Å²) in [7, 11) is 5.95. The minimum Gasteiger partial charge on any atom is -0.495 e. The molecule has 0 saturated heterocycles. The van der Waals surface area contributed by atoms with E-state index in [2.05, 4.69) is 5.32 Å². The van der Waals surface area contributed by atoms with E-state index >= 15 is 0 Å². The minimum absolute atomic E-state index is 0.0351. The Hall–Kier alpha value is -4.53. The van der Waals surface area contributed by atoms with Crippen LogP contribution in [0.3, 0.4) is 0 Å². The molecule has 0 aromatic heterocycles. The molecule has 1 amide bonds. The van der Waals surface area contributed by atoms with Gasteiger partial charge in [0.2, 0.25) is 5.75 Å². The zero-order chi connectivity index (χ0) is 26.2. The lowest BCUT2D eigenvalue weighted by atomic mass is 10.0. The van der Waals surface area contributed by atoms with Crippen LogP contribution < -0.4 is 30.0 Å². The topological polar surface area (TPSA) is 116 Å². The molecule has 8 nitrogen and oxygen atoms in total. The van der Waals surface area contributed by atoms with E-state index in [-0.39, 0.29) is 40.6 Å². The van der Waals surface area contributed by atoms with Crippen molar-refractivity contribution in [2.45, 2.75) is 6.54 Å². The number of nitrogen functional groups attached to an aromatic ring is 1. The molecule has 0 aliphatic heterocycles. The number of nitrogens with two attached hydrogens (primary N) is 1. The fourth-order valence-corrected chi connectivity index (χ4v) is 3.62. The number of amides is 1. The van der Waals surface area contributed by atoms with Gasteiger partial charge in [-0.05, 0) is 53.6 Å². The Morgan fingerprint density at radius 2 is 1.56 bits per heavy atom. The number of methoxy groups -OCH3 is 4. The van der Waals surface area contributed by atoms with Crippen LogP contribution in [0.5, 0.6) is 23.0 Å². The summed E-state index contributed by atoms with van der Waals surface area (Å²) in [5.74, 6) is 0.790. The van der Waals surface area contributed by atoms with Gasteiger partial charge in [0.1, 0.15) is 11.6 Å². The molecule has 0 radical (unpaired) electrons. The number of halogens is 1. The van der Waals surface area contributed by atoms with Gasteiger partial charge >= 0.3 is 0 Å². The van der Waals surface area contributed by atoms with E-state index in [1.807, 2.05) is 0 Å². The van der Waals surface area contributed by atoms with Gasteiger partial charge in [-0.25, -0.2) is 4.39 Å². The first-order chi connectivity index (χ1) is 17.3. The fraction of sp³-hybridized carbons (Fsp3) is 0.185.